The topological polar surface area (TPSA) is 79.3 Å². The molecule has 1 saturated carbocycles. The summed E-state index contributed by atoms with van der Waals surface area (Å²) in [5, 5.41) is 14.9. The van der Waals surface area contributed by atoms with Gasteiger partial charge in [-0.3, -0.25) is 9.59 Å². The minimum Gasteiger partial charge on any atom is -0.481 e. The van der Waals surface area contributed by atoms with Crippen molar-refractivity contribution in [1.29, 1.82) is 0 Å². The van der Waals surface area contributed by atoms with E-state index in [9.17, 15) is 9.59 Å². The number of aromatic nitrogens is 1. The average Bonchev–Trinajstić information content (AvgIpc) is 3.25. The van der Waals surface area contributed by atoms with Gasteiger partial charge in [0.25, 0.3) is 0 Å². The number of hydrogen-bond donors (Lipinski definition) is 2. The third-order valence-electron chi connectivity index (χ3n) is 4.41. The molecule has 1 aromatic heterocycles. The van der Waals surface area contributed by atoms with E-state index in [1.807, 2.05) is 35.7 Å². The fourth-order valence-electron chi connectivity index (χ4n) is 3.04. The zero-order valence-electron chi connectivity index (χ0n) is 13.3. The van der Waals surface area contributed by atoms with E-state index in [-0.39, 0.29) is 17.7 Å². The number of carbonyl (C=O) groups excluding carboxylic acids is 1. The van der Waals surface area contributed by atoms with Crippen molar-refractivity contribution >= 4 is 23.2 Å². The molecule has 1 amide bonds. The fourth-order valence-corrected chi connectivity index (χ4v) is 3.90. The summed E-state index contributed by atoms with van der Waals surface area (Å²) in [4.78, 5) is 27.7. The molecule has 3 rings (SSSR count). The number of rotatable bonds is 6. The Morgan fingerprint density at radius 2 is 1.96 bits per heavy atom. The molecule has 126 valence electrons. The van der Waals surface area contributed by atoms with Crippen LogP contribution in [0.15, 0.2) is 35.7 Å². The van der Waals surface area contributed by atoms with Crippen LogP contribution in [0.4, 0.5) is 0 Å². The standard InChI is InChI=1S/C18H20N2O3S/c21-16(13-6-7-14(10-13)18(22)23)19-9-8-15-11-24-17(20-15)12-4-2-1-3-5-12/h1-5,11,13-14H,6-10H2,(H,19,21)(H,22,23)/t13-,14+/m0/s1. The first-order valence-corrected chi connectivity index (χ1v) is 9.02. The molecule has 0 aliphatic heterocycles. The Labute approximate surface area is 144 Å². The monoisotopic (exact) mass is 344 g/mol. The van der Waals surface area contributed by atoms with Gasteiger partial charge in [0.1, 0.15) is 5.01 Å². The van der Waals surface area contributed by atoms with E-state index < -0.39 is 5.97 Å². The molecule has 5 nitrogen and oxygen atoms in total. The van der Waals surface area contributed by atoms with Crippen LogP contribution in [0.3, 0.4) is 0 Å². The van der Waals surface area contributed by atoms with Crippen LogP contribution in [0.2, 0.25) is 0 Å². The smallest absolute Gasteiger partial charge is 0.306 e. The summed E-state index contributed by atoms with van der Waals surface area (Å²) in [7, 11) is 0. The van der Waals surface area contributed by atoms with Gasteiger partial charge in [-0.2, -0.15) is 0 Å². The van der Waals surface area contributed by atoms with Gasteiger partial charge >= 0.3 is 5.97 Å². The quantitative estimate of drug-likeness (QED) is 0.844. The lowest BCUT2D eigenvalue weighted by atomic mass is 10.0. The first-order valence-electron chi connectivity index (χ1n) is 8.14. The summed E-state index contributed by atoms with van der Waals surface area (Å²) in [5.74, 6) is -1.35. The van der Waals surface area contributed by atoms with Gasteiger partial charge < -0.3 is 10.4 Å². The molecule has 24 heavy (non-hydrogen) atoms. The fraction of sp³-hybridized carbons (Fsp3) is 0.389. The van der Waals surface area contributed by atoms with E-state index in [4.69, 9.17) is 5.11 Å². The minimum atomic E-state index is -0.791. The molecule has 0 unspecified atom stereocenters. The lowest BCUT2D eigenvalue weighted by molar-refractivity contribution is -0.141. The highest BCUT2D eigenvalue weighted by atomic mass is 32.1. The van der Waals surface area contributed by atoms with Gasteiger partial charge in [0.15, 0.2) is 0 Å². The number of carboxylic acids is 1. The predicted molar refractivity (Wildman–Crippen MR) is 92.7 cm³/mol. The largest absolute Gasteiger partial charge is 0.481 e. The van der Waals surface area contributed by atoms with Gasteiger partial charge in [0.05, 0.1) is 11.6 Å². The summed E-state index contributed by atoms with van der Waals surface area (Å²) < 4.78 is 0. The van der Waals surface area contributed by atoms with Crippen LogP contribution in [0, 0.1) is 11.8 Å². The third-order valence-corrected chi connectivity index (χ3v) is 5.35. The molecule has 2 N–H and O–H groups in total. The number of nitrogens with one attached hydrogen (secondary N) is 1. The average molecular weight is 344 g/mol. The van der Waals surface area contributed by atoms with E-state index in [0.717, 1.165) is 16.3 Å². The Morgan fingerprint density at radius 3 is 2.67 bits per heavy atom. The van der Waals surface area contributed by atoms with Gasteiger partial charge in [-0.1, -0.05) is 30.3 Å². The molecule has 0 radical (unpaired) electrons. The van der Waals surface area contributed by atoms with Crippen molar-refractivity contribution in [3.63, 3.8) is 0 Å². The number of carboxylic acid groups (broad SMARTS) is 1. The Balaban J connectivity index is 1.46. The second-order valence-corrected chi connectivity index (χ2v) is 6.95. The van der Waals surface area contributed by atoms with Gasteiger partial charge in [0, 0.05) is 29.8 Å². The van der Waals surface area contributed by atoms with Crippen molar-refractivity contribution in [2.75, 3.05) is 6.54 Å². The van der Waals surface area contributed by atoms with Gasteiger partial charge in [-0.25, -0.2) is 4.98 Å². The number of hydrogen-bond acceptors (Lipinski definition) is 4. The Morgan fingerprint density at radius 1 is 1.21 bits per heavy atom. The first kappa shape index (κ1) is 16.6. The third kappa shape index (κ3) is 4.00. The molecule has 0 saturated heterocycles. The lowest BCUT2D eigenvalue weighted by Crippen LogP contribution is -2.31. The summed E-state index contributed by atoms with van der Waals surface area (Å²) in [6.45, 7) is 0.533. The van der Waals surface area contributed by atoms with Gasteiger partial charge in [-0.05, 0) is 19.3 Å². The van der Waals surface area contributed by atoms with Crippen molar-refractivity contribution in [2.45, 2.75) is 25.7 Å². The molecule has 1 aliphatic rings. The zero-order valence-corrected chi connectivity index (χ0v) is 14.1. The van der Waals surface area contributed by atoms with Gasteiger partial charge in [-0.15, -0.1) is 11.3 Å². The van der Waals surface area contributed by atoms with Crippen LogP contribution in [-0.4, -0.2) is 28.5 Å². The van der Waals surface area contributed by atoms with E-state index in [1.54, 1.807) is 11.3 Å². The van der Waals surface area contributed by atoms with Crippen LogP contribution >= 0.6 is 11.3 Å². The van der Waals surface area contributed by atoms with Crippen molar-refractivity contribution in [1.82, 2.24) is 10.3 Å². The Kier molecular flexibility index (Phi) is 5.25. The summed E-state index contributed by atoms with van der Waals surface area (Å²) in [5.41, 5.74) is 2.07. The molecule has 0 spiro atoms. The summed E-state index contributed by atoms with van der Waals surface area (Å²) >= 11 is 1.60. The molecule has 1 aliphatic carbocycles. The molecule has 1 heterocycles. The summed E-state index contributed by atoms with van der Waals surface area (Å²) in [6.07, 6.45) is 2.40. The van der Waals surface area contributed by atoms with Crippen molar-refractivity contribution in [3.05, 3.63) is 41.4 Å². The van der Waals surface area contributed by atoms with E-state index in [2.05, 4.69) is 10.3 Å². The van der Waals surface area contributed by atoms with E-state index in [0.29, 0.717) is 32.2 Å². The highest BCUT2D eigenvalue weighted by molar-refractivity contribution is 7.13. The number of aliphatic carboxylic acids is 1. The van der Waals surface area contributed by atoms with E-state index >= 15 is 0 Å². The highest BCUT2D eigenvalue weighted by Crippen LogP contribution is 2.31. The molecule has 2 aromatic rings. The predicted octanol–water partition coefficient (Wildman–Crippen LogP) is 2.97. The SMILES string of the molecule is O=C(O)[C@@H]1CC[C@H](C(=O)NCCc2csc(-c3ccccc3)n2)C1. The van der Waals surface area contributed by atoms with Crippen LogP contribution in [0.1, 0.15) is 25.0 Å². The zero-order chi connectivity index (χ0) is 16.9. The van der Waals surface area contributed by atoms with Crippen LogP contribution < -0.4 is 5.32 Å². The number of nitrogens with zero attached hydrogens (tertiary/aromatic N) is 1. The van der Waals surface area contributed by atoms with Crippen LogP contribution in [-0.2, 0) is 16.0 Å². The molecular weight excluding hydrogens is 324 g/mol. The maximum atomic E-state index is 12.1. The number of thiazole rings is 1. The first-order chi connectivity index (χ1) is 11.6. The van der Waals surface area contributed by atoms with Crippen LogP contribution in [0.25, 0.3) is 10.6 Å². The highest BCUT2D eigenvalue weighted by Gasteiger charge is 2.33. The van der Waals surface area contributed by atoms with E-state index in [1.165, 1.54) is 0 Å². The van der Waals surface area contributed by atoms with Crippen molar-refractivity contribution in [3.8, 4) is 10.6 Å². The maximum absolute atomic E-state index is 12.1. The number of amides is 1. The van der Waals surface area contributed by atoms with Crippen molar-refractivity contribution in [2.24, 2.45) is 11.8 Å². The number of benzene rings is 1. The normalized spacial score (nSPS) is 20.0. The minimum absolute atomic E-state index is 0.0303. The molecule has 0 bridgehead atoms. The van der Waals surface area contributed by atoms with Crippen LogP contribution in [0.5, 0.6) is 0 Å². The lowest BCUT2D eigenvalue weighted by Gasteiger charge is -2.10. The maximum Gasteiger partial charge on any atom is 0.306 e. The van der Waals surface area contributed by atoms with Crippen molar-refractivity contribution < 1.29 is 14.7 Å². The molecule has 1 aromatic carbocycles. The Bertz CT molecular complexity index is 714. The number of carbonyl (C=O) groups is 2. The summed E-state index contributed by atoms with van der Waals surface area (Å²) in [6, 6.07) is 10.0. The molecule has 1 fully saturated rings. The second-order valence-electron chi connectivity index (χ2n) is 6.10. The molecule has 2 atom stereocenters. The van der Waals surface area contributed by atoms with Gasteiger partial charge in [0.2, 0.25) is 5.91 Å². The molecular formula is C18H20N2O3S. The molecule has 6 heteroatoms. The second kappa shape index (κ2) is 7.57. The Hall–Kier alpha value is -2.21.